The average molecular weight is 263 g/mol. The molecule has 1 aromatic rings. The zero-order valence-electron chi connectivity index (χ0n) is 9.47. The highest BCUT2D eigenvalue weighted by Gasteiger charge is 2.35. The van der Waals surface area contributed by atoms with Gasteiger partial charge in [-0.1, -0.05) is 6.07 Å². The normalized spacial score (nSPS) is 17.8. The van der Waals surface area contributed by atoms with E-state index in [1.165, 1.54) is 6.07 Å². The van der Waals surface area contributed by atoms with Crippen molar-refractivity contribution in [2.75, 3.05) is 6.61 Å². The zero-order valence-corrected chi connectivity index (χ0v) is 9.47. The summed E-state index contributed by atoms with van der Waals surface area (Å²) in [5.74, 6) is -1.30. The SMILES string of the molecule is OCC(NC1CC1)c1ccc(F)c(C(F)(F)F)c1. The third-order valence-electron chi connectivity index (χ3n) is 2.89. The summed E-state index contributed by atoms with van der Waals surface area (Å²) in [5, 5.41) is 12.2. The van der Waals surface area contributed by atoms with Gasteiger partial charge in [0.1, 0.15) is 5.82 Å². The Morgan fingerprint density at radius 1 is 1.33 bits per heavy atom. The first-order valence-corrected chi connectivity index (χ1v) is 5.65. The van der Waals surface area contributed by atoms with Crippen molar-refractivity contribution >= 4 is 0 Å². The lowest BCUT2D eigenvalue weighted by atomic mass is 10.0. The highest BCUT2D eigenvalue weighted by atomic mass is 19.4. The Bertz CT molecular complexity index is 429. The van der Waals surface area contributed by atoms with Crippen molar-refractivity contribution in [2.45, 2.75) is 31.1 Å². The molecule has 1 aliphatic rings. The van der Waals surface area contributed by atoms with Gasteiger partial charge >= 0.3 is 6.18 Å². The van der Waals surface area contributed by atoms with Crippen LogP contribution in [-0.4, -0.2) is 17.8 Å². The highest BCUT2D eigenvalue weighted by molar-refractivity contribution is 5.29. The molecule has 0 aliphatic heterocycles. The summed E-state index contributed by atoms with van der Waals surface area (Å²) >= 11 is 0. The molecule has 0 amide bonds. The summed E-state index contributed by atoms with van der Waals surface area (Å²) < 4.78 is 50.7. The van der Waals surface area contributed by atoms with Gasteiger partial charge in [-0.2, -0.15) is 13.2 Å². The molecule has 2 N–H and O–H groups in total. The number of halogens is 4. The Labute approximate surface area is 102 Å². The van der Waals surface area contributed by atoms with Gasteiger partial charge < -0.3 is 10.4 Å². The lowest BCUT2D eigenvalue weighted by Crippen LogP contribution is -2.26. The van der Waals surface area contributed by atoms with Gasteiger partial charge in [0.25, 0.3) is 0 Å². The predicted octanol–water partition coefficient (Wildman–Crippen LogP) is 2.63. The summed E-state index contributed by atoms with van der Waals surface area (Å²) in [5.41, 5.74) is -1.05. The van der Waals surface area contributed by atoms with Crippen molar-refractivity contribution in [1.82, 2.24) is 5.32 Å². The molecule has 6 heteroatoms. The van der Waals surface area contributed by atoms with Crippen LogP contribution in [0, 0.1) is 5.82 Å². The summed E-state index contributed by atoms with van der Waals surface area (Å²) in [6.45, 7) is -0.320. The molecule has 1 saturated carbocycles. The molecule has 1 aromatic carbocycles. The first kappa shape index (κ1) is 13.3. The molecule has 1 aliphatic carbocycles. The molecule has 0 aromatic heterocycles. The van der Waals surface area contributed by atoms with Crippen LogP contribution < -0.4 is 5.32 Å². The van der Waals surface area contributed by atoms with E-state index < -0.39 is 23.6 Å². The standard InChI is InChI=1S/C12H13F4NO/c13-10-4-1-7(5-9(10)12(14,15)16)11(6-18)17-8-2-3-8/h1,4-5,8,11,17-18H,2-3,6H2. The maximum absolute atomic E-state index is 13.1. The molecule has 18 heavy (non-hydrogen) atoms. The minimum atomic E-state index is -4.72. The number of aliphatic hydroxyl groups excluding tert-OH is 1. The van der Waals surface area contributed by atoms with Gasteiger partial charge in [0, 0.05) is 6.04 Å². The van der Waals surface area contributed by atoms with Crippen LogP contribution in [0.15, 0.2) is 18.2 Å². The third kappa shape index (κ3) is 3.00. The first-order valence-electron chi connectivity index (χ1n) is 5.65. The summed E-state index contributed by atoms with van der Waals surface area (Å²) in [7, 11) is 0. The van der Waals surface area contributed by atoms with Crippen molar-refractivity contribution in [1.29, 1.82) is 0 Å². The van der Waals surface area contributed by atoms with Crippen molar-refractivity contribution < 1.29 is 22.7 Å². The monoisotopic (exact) mass is 263 g/mol. The molecular formula is C12H13F4NO. The number of rotatable bonds is 4. The molecule has 0 radical (unpaired) electrons. The second-order valence-electron chi connectivity index (χ2n) is 4.41. The van der Waals surface area contributed by atoms with Crippen molar-refractivity contribution in [2.24, 2.45) is 0 Å². The van der Waals surface area contributed by atoms with Gasteiger partial charge in [0.2, 0.25) is 0 Å². The van der Waals surface area contributed by atoms with E-state index in [9.17, 15) is 22.7 Å². The number of benzene rings is 1. The highest BCUT2D eigenvalue weighted by Crippen LogP contribution is 2.33. The largest absolute Gasteiger partial charge is 0.419 e. The Balaban J connectivity index is 2.26. The zero-order chi connectivity index (χ0) is 13.3. The topological polar surface area (TPSA) is 32.3 Å². The third-order valence-corrected chi connectivity index (χ3v) is 2.89. The fourth-order valence-corrected chi connectivity index (χ4v) is 1.77. The molecule has 0 spiro atoms. The second kappa shape index (κ2) is 4.85. The van der Waals surface area contributed by atoms with Gasteiger partial charge in [0.15, 0.2) is 0 Å². The van der Waals surface area contributed by atoms with Gasteiger partial charge in [-0.25, -0.2) is 4.39 Å². The van der Waals surface area contributed by atoms with E-state index in [0.717, 1.165) is 25.0 Å². The summed E-state index contributed by atoms with van der Waals surface area (Å²) in [4.78, 5) is 0. The fourth-order valence-electron chi connectivity index (χ4n) is 1.77. The van der Waals surface area contributed by atoms with E-state index in [1.54, 1.807) is 0 Å². The predicted molar refractivity (Wildman–Crippen MR) is 57.4 cm³/mol. The van der Waals surface area contributed by atoms with Crippen LogP contribution in [0.25, 0.3) is 0 Å². The van der Waals surface area contributed by atoms with Crippen LogP contribution in [-0.2, 0) is 6.18 Å². The minimum Gasteiger partial charge on any atom is -0.394 e. The Hall–Kier alpha value is -1.14. The first-order chi connectivity index (χ1) is 8.41. The van der Waals surface area contributed by atoms with Gasteiger partial charge in [-0.05, 0) is 30.5 Å². The van der Waals surface area contributed by atoms with Crippen LogP contribution in [0.3, 0.4) is 0 Å². The van der Waals surface area contributed by atoms with Crippen LogP contribution in [0.4, 0.5) is 17.6 Å². The molecule has 0 saturated heterocycles. The molecular weight excluding hydrogens is 250 g/mol. The van der Waals surface area contributed by atoms with E-state index in [0.29, 0.717) is 0 Å². The molecule has 1 atom stereocenters. The van der Waals surface area contributed by atoms with Gasteiger partial charge in [-0.3, -0.25) is 0 Å². The van der Waals surface area contributed by atoms with Crippen LogP contribution in [0.2, 0.25) is 0 Å². The maximum Gasteiger partial charge on any atom is 0.419 e. The lowest BCUT2D eigenvalue weighted by Gasteiger charge is -2.18. The van der Waals surface area contributed by atoms with Gasteiger partial charge in [-0.15, -0.1) is 0 Å². The van der Waals surface area contributed by atoms with Crippen molar-refractivity contribution in [3.8, 4) is 0 Å². The Kier molecular flexibility index (Phi) is 3.59. The van der Waals surface area contributed by atoms with E-state index in [1.807, 2.05) is 0 Å². The second-order valence-corrected chi connectivity index (χ2v) is 4.41. The van der Waals surface area contributed by atoms with Crippen molar-refractivity contribution in [3.63, 3.8) is 0 Å². The summed E-state index contributed by atoms with van der Waals surface area (Å²) in [6, 6.07) is 2.46. The maximum atomic E-state index is 13.1. The molecule has 100 valence electrons. The number of nitrogens with one attached hydrogen (secondary N) is 1. The molecule has 1 fully saturated rings. The minimum absolute atomic E-state index is 0.238. The number of alkyl halides is 3. The summed E-state index contributed by atoms with van der Waals surface area (Å²) in [6.07, 6.45) is -2.83. The van der Waals surface area contributed by atoms with Crippen LogP contribution in [0.1, 0.15) is 30.0 Å². The molecule has 1 unspecified atom stereocenters. The van der Waals surface area contributed by atoms with Crippen molar-refractivity contribution in [3.05, 3.63) is 35.1 Å². The molecule has 0 bridgehead atoms. The molecule has 2 rings (SSSR count). The Morgan fingerprint density at radius 2 is 2.00 bits per heavy atom. The van der Waals surface area contributed by atoms with E-state index in [2.05, 4.69) is 5.32 Å². The van der Waals surface area contributed by atoms with E-state index >= 15 is 0 Å². The number of hydrogen-bond acceptors (Lipinski definition) is 2. The number of aliphatic hydroxyl groups is 1. The van der Waals surface area contributed by atoms with Gasteiger partial charge in [0.05, 0.1) is 18.2 Å². The number of hydrogen-bond donors (Lipinski definition) is 2. The average Bonchev–Trinajstić information content (AvgIpc) is 3.09. The van der Waals surface area contributed by atoms with Crippen LogP contribution in [0.5, 0.6) is 0 Å². The Morgan fingerprint density at radius 3 is 2.50 bits per heavy atom. The lowest BCUT2D eigenvalue weighted by molar-refractivity contribution is -0.140. The molecule has 0 heterocycles. The smallest absolute Gasteiger partial charge is 0.394 e. The molecule has 2 nitrogen and oxygen atoms in total. The van der Waals surface area contributed by atoms with E-state index in [4.69, 9.17) is 0 Å². The van der Waals surface area contributed by atoms with E-state index in [-0.39, 0.29) is 18.2 Å². The van der Waals surface area contributed by atoms with Crippen LogP contribution >= 0.6 is 0 Å². The fraction of sp³-hybridized carbons (Fsp3) is 0.500. The quantitative estimate of drug-likeness (QED) is 0.818.